The number of rotatable bonds is 56. The average molecular weight is 859 g/mol. The fourth-order valence-corrected chi connectivity index (χ4v) is 5.15. The summed E-state index contributed by atoms with van der Waals surface area (Å²) in [5.41, 5.74) is 0. The van der Waals surface area contributed by atoms with Crippen LogP contribution in [0.15, 0.2) is 0 Å². The van der Waals surface area contributed by atoms with E-state index in [-0.39, 0.29) is 0 Å². The Hall–Kier alpha value is -0.600. The lowest BCUT2D eigenvalue weighted by Gasteiger charge is -2.09. The van der Waals surface area contributed by atoms with E-state index in [0.717, 1.165) is 26.1 Å². The molecule has 0 rings (SSSR count). The Morgan fingerprint density at radius 2 is 0.254 bits per heavy atom. The smallest absolute Gasteiger partial charge is 0.0701 e. The fourth-order valence-electron chi connectivity index (χ4n) is 5.15. The molecule has 0 fully saturated rings. The van der Waals surface area contributed by atoms with Gasteiger partial charge in [0.1, 0.15) is 0 Å². The molecule has 0 atom stereocenters. The Labute approximate surface area is 359 Å². The van der Waals surface area contributed by atoms with Gasteiger partial charge in [-0.15, -0.1) is 0 Å². The molecule has 15 heteroatoms. The Morgan fingerprint density at radius 3 is 0.407 bits per heavy atom. The van der Waals surface area contributed by atoms with Crippen LogP contribution in [0.25, 0.3) is 0 Å². The van der Waals surface area contributed by atoms with Gasteiger partial charge < -0.3 is 71.1 Å². The van der Waals surface area contributed by atoms with E-state index in [1.54, 1.807) is 0 Å². The second-order valence-electron chi connectivity index (χ2n) is 13.7. The molecule has 0 spiro atoms. The highest BCUT2D eigenvalue weighted by Gasteiger charge is 1.98. The minimum absolute atomic E-state index is 0.509. The van der Waals surface area contributed by atoms with Gasteiger partial charge in [0.05, 0.1) is 185 Å². The van der Waals surface area contributed by atoms with Crippen LogP contribution in [0, 0.1) is 0 Å². The zero-order valence-corrected chi connectivity index (χ0v) is 37.8. The number of ether oxygens (including phenoxy) is 15. The monoisotopic (exact) mass is 859 g/mol. The second kappa shape index (κ2) is 57.4. The minimum atomic E-state index is 0.509. The molecule has 0 saturated heterocycles. The normalized spacial score (nSPS) is 11.7. The third-order valence-corrected chi connectivity index (χ3v) is 8.49. The van der Waals surface area contributed by atoms with Crippen molar-refractivity contribution in [3.8, 4) is 0 Å². The highest BCUT2D eigenvalue weighted by atomic mass is 16.6. The van der Waals surface area contributed by atoms with Crippen molar-refractivity contribution in [2.75, 3.05) is 198 Å². The van der Waals surface area contributed by atoms with Crippen LogP contribution in [-0.2, 0) is 71.1 Å². The van der Waals surface area contributed by atoms with Crippen molar-refractivity contribution < 1.29 is 71.1 Å². The molecule has 0 heterocycles. The molecule has 0 aliphatic carbocycles. The maximum atomic E-state index is 5.60. The maximum Gasteiger partial charge on any atom is 0.0701 e. The molecule has 59 heavy (non-hydrogen) atoms. The van der Waals surface area contributed by atoms with Gasteiger partial charge in [-0.05, 0) is 12.8 Å². The summed E-state index contributed by atoms with van der Waals surface area (Å²) in [6.45, 7) is 21.3. The van der Waals surface area contributed by atoms with Crippen molar-refractivity contribution in [3.63, 3.8) is 0 Å². The van der Waals surface area contributed by atoms with Crippen LogP contribution in [0.2, 0.25) is 0 Å². The summed E-state index contributed by atoms with van der Waals surface area (Å²) in [4.78, 5) is 0. The molecule has 0 aliphatic rings. The number of hydrogen-bond acceptors (Lipinski definition) is 15. The molecule has 0 aromatic heterocycles. The van der Waals surface area contributed by atoms with Crippen LogP contribution in [0.1, 0.15) is 90.9 Å². The molecular weight excluding hydrogens is 768 g/mol. The van der Waals surface area contributed by atoms with E-state index in [1.807, 2.05) is 0 Å². The molecule has 0 aliphatic heterocycles. The van der Waals surface area contributed by atoms with Crippen molar-refractivity contribution in [1.29, 1.82) is 0 Å². The lowest BCUT2D eigenvalue weighted by atomic mass is 10.1. The first-order valence-electron chi connectivity index (χ1n) is 23.1. The Kier molecular flexibility index (Phi) is 56.8. The quantitative estimate of drug-likeness (QED) is 0.0665. The van der Waals surface area contributed by atoms with Gasteiger partial charge in [-0.2, -0.15) is 0 Å². The zero-order chi connectivity index (χ0) is 42.3. The molecule has 15 nitrogen and oxygen atoms in total. The largest absolute Gasteiger partial charge is 0.379 e. The third kappa shape index (κ3) is 57.4. The lowest BCUT2D eigenvalue weighted by molar-refractivity contribution is -0.0300. The van der Waals surface area contributed by atoms with E-state index in [4.69, 9.17) is 71.1 Å². The van der Waals surface area contributed by atoms with E-state index in [9.17, 15) is 0 Å². The molecule has 356 valence electrons. The van der Waals surface area contributed by atoms with Gasteiger partial charge in [0.25, 0.3) is 0 Å². The fraction of sp³-hybridized carbons (Fsp3) is 1.00. The van der Waals surface area contributed by atoms with Gasteiger partial charge in [-0.1, -0.05) is 78.1 Å². The Morgan fingerprint density at radius 1 is 0.136 bits per heavy atom. The van der Waals surface area contributed by atoms with Gasteiger partial charge in [0, 0.05) is 13.2 Å². The van der Waals surface area contributed by atoms with Crippen LogP contribution < -0.4 is 0 Å². The van der Waals surface area contributed by atoms with Crippen molar-refractivity contribution in [2.45, 2.75) is 90.9 Å². The average Bonchev–Trinajstić information content (AvgIpc) is 3.25. The summed E-state index contributed by atoms with van der Waals surface area (Å²) in [5, 5.41) is 0. The first-order chi connectivity index (χ1) is 29.4. The van der Waals surface area contributed by atoms with Crippen LogP contribution in [0.3, 0.4) is 0 Å². The summed E-state index contributed by atoms with van der Waals surface area (Å²) in [6, 6.07) is 0. The van der Waals surface area contributed by atoms with Gasteiger partial charge in [0.15, 0.2) is 0 Å². The van der Waals surface area contributed by atoms with Crippen LogP contribution in [0.5, 0.6) is 0 Å². The molecule has 0 saturated carbocycles. The number of unbranched alkanes of at least 4 members (excludes halogenated alkanes) is 10. The van der Waals surface area contributed by atoms with Crippen LogP contribution >= 0.6 is 0 Å². The summed E-state index contributed by atoms with van der Waals surface area (Å²) in [6.07, 6.45) is 15.3. The first-order valence-corrected chi connectivity index (χ1v) is 23.1. The SMILES string of the molecule is CCCCCCCCOCCOCCOCCOCCOCCOCCOCCOCCOCCOCCOCCOCCOCCOCCOCCCCCCCC. The number of hydrogen-bond donors (Lipinski definition) is 0. The predicted molar refractivity (Wildman–Crippen MR) is 229 cm³/mol. The Balaban J connectivity index is 3.06. The highest BCUT2D eigenvalue weighted by Crippen LogP contribution is 2.05. The zero-order valence-electron chi connectivity index (χ0n) is 37.8. The van der Waals surface area contributed by atoms with Gasteiger partial charge >= 0.3 is 0 Å². The van der Waals surface area contributed by atoms with E-state index >= 15 is 0 Å². The topological polar surface area (TPSA) is 138 Å². The standard InChI is InChI=1S/C44H90O15/c1-3-5-7-9-11-13-15-45-17-19-47-21-23-49-25-27-51-29-31-53-33-35-55-37-39-57-41-43-59-44-42-58-40-38-56-36-34-54-32-30-52-28-26-50-24-22-48-20-18-46-16-14-12-10-8-6-4-2/h3-44H2,1-2H3. The summed E-state index contributed by atoms with van der Waals surface area (Å²) < 4.78 is 82.9. The summed E-state index contributed by atoms with van der Waals surface area (Å²) >= 11 is 0. The van der Waals surface area contributed by atoms with Gasteiger partial charge in [-0.25, -0.2) is 0 Å². The maximum absolute atomic E-state index is 5.60. The van der Waals surface area contributed by atoms with Gasteiger partial charge in [0.2, 0.25) is 0 Å². The summed E-state index contributed by atoms with van der Waals surface area (Å²) in [7, 11) is 0. The first kappa shape index (κ1) is 58.4. The molecule has 0 radical (unpaired) electrons. The van der Waals surface area contributed by atoms with Crippen molar-refractivity contribution in [2.24, 2.45) is 0 Å². The van der Waals surface area contributed by atoms with Crippen molar-refractivity contribution >= 4 is 0 Å². The molecule has 0 amide bonds. The van der Waals surface area contributed by atoms with E-state index in [1.165, 1.54) is 64.2 Å². The van der Waals surface area contributed by atoms with E-state index in [2.05, 4.69) is 13.8 Å². The molecule has 0 unspecified atom stereocenters. The Bertz CT molecular complexity index is 657. The van der Waals surface area contributed by atoms with Gasteiger partial charge in [-0.3, -0.25) is 0 Å². The predicted octanol–water partition coefficient (Wildman–Crippen LogP) is 5.96. The molecule has 0 N–H and O–H groups in total. The molecule has 0 bridgehead atoms. The molecule has 0 aromatic carbocycles. The highest BCUT2D eigenvalue weighted by molar-refractivity contribution is 4.45. The van der Waals surface area contributed by atoms with Crippen LogP contribution in [0.4, 0.5) is 0 Å². The molecular formula is C44H90O15. The minimum Gasteiger partial charge on any atom is -0.379 e. The summed E-state index contributed by atoms with van der Waals surface area (Å²) in [5.74, 6) is 0. The van der Waals surface area contributed by atoms with Crippen LogP contribution in [-0.4, -0.2) is 198 Å². The lowest BCUT2D eigenvalue weighted by Crippen LogP contribution is -2.15. The second-order valence-corrected chi connectivity index (χ2v) is 13.7. The molecule has 0 aromatic rings. The van der Waals surface area contributed by atoms with Crippen molar-refractivity contribution in [3.05, 3.63) is 0 Å². The van der Waals surface area contributed by atoms with E-state index in [0.29, 0.717) is 185 Å². The third-order valence-electron chi connectivity index (χ3n) is 8.49. The van der Waals surface area contributed by atoms with E-state index < -0.39 is 0 Å². The van der Waals surface area contributed by atoms with Crippen molar-refractivity contribution in [1.82, 2.24) is 0 Å².